The molecule has 1 atom stereocenters. The van der Waals surface area contributed by atoms with Crippen molar-refractivity contribution >= 4 is 10.9 Å². The predicted molar refractivity (Wildman–Crippen MR) is 78.5 cm³/mol. The molecule has 3 rings (SSSR count). The molecular formula is C16H19F3N2O. The van der Waals surface area contributed by atoms with E-state index in [1.165, 1.54) is 0 Å². The molecule has 0 aliphatic carbocycles. The van der Waals surface area contributed by atoms with E-state index in [1.807, 2.05) is 17.6 Å². The first-order chi connectivity index (χ1) is 10.2. The molecule has 2 N–H and O–H groups in total. The van der Waals surface area contributed by atoms with E-state index in [1.54, 1.807) is 13.0 Å². The van der Waals surface area contributed by atoms with Crippen LogP contribution in [0.5, 0.6) is 0 Å². The third kappa shape index (κ3) is 1.97. The van der Waals surface area contributed by atoms with E-state index in [0.29, 0.717) is 24.2 Å². The molecule has 0 spiro atoms. The van der Waals surface area contributed by atoms with Crippen molar-refractivity contribution in [2.75, 3.05) is 0 Å². The smallest absolute Gasteiger partial charge is 0.376 e. The summed E-state index contributed by atoms with van der Waals surface area (Å²) in [4.78, 5) is 0. The Morgan fingerprint density at radius 3 is 2.36 bits per heavy atom. The first-order valence-corrected chi connectivity index (χ1v) is 7.33. The van der Waals surface area contributed by atoms with Crippen LogP contribution in [0.15, 0.2) is 12.1 Å². The largest absolute Gasteiger partial charge is 0.421 e. The van der Waals surface area contributed by atoms with Crippen molar-refractivity contribution in [1.82, 2.24) is 9.88 Å². The average Bonchev–Trinajstić information content (AvgIpc) is 2.95. The van der Waals surface area contributed by atoms with Gasteiger partial charge in [0, 0.05) is 41.8 Å². The Morgan fingerprint density at radius 1 is 1.23 bits per heavy atom. The second-order valence-corrected chi connectivity index (χ2v) is 6.02. The van der Waals surface area contributed by atoms with Crippen molar-refractivity contribution in [2.45, 2.75) is 52.2 Å². The van der Waals surface area contributed by atoms with Crippen molar-refractivity contribution in [2.24, 2.45) is 0 Å². The van der Waals surface area contributed by atoms with Gasteiger partial charge in [-0.1, -0.05) is 0 Å². The number of aromatic nitrogens is 1. The summed E-state index contributed by atoms with van der Waals surface area (Å²) < 4.78 is 41.9. The van der Waals surface area contributed by atoms with Crippen molar-refractivity contribution < 1.29 is 18.3 Å². The highest BCUT2D eigenvalue weighted by Crippen LogP contribution is 2.44. The summed E-state index contributed by atoms with van der Waals surface area (Å²) in [6.45, 7) is 6.30. The molecule has 1 unspecified atom stereocenters. The van der Waals surface area contributed by atoms with Crippen LogP contribution >= 0.6 is 0 Å². The van der Waals surface area contributed by atoms with Crippen LogP contribution in [0.4, 0.5) is 13.2 Å². The van der Waals surface area contributed by atoms with Gasteiger partial charge in [-0.05, 0) is 44.0 Å². The summed E-state index contributed by atoms with van der Waals surface area (Å²) >= 11 is 0. The third-order valence-corrected chi connectivity index (χ3v) is 4.63. The second-order valence-electron chi connectivity index (χ2n) is 6.02. The molecule has 0 amide bonds. The van der Waals surface area contributed by atoms with Gasteiger partial charge in [-0.3, -0.25) is 0 Å². The number of aryl methyl sites for hydroxylation is 1. The fourth-order valence-corrected chi connectivity index (χ4v) is 3.44. The number of fused-ring (bicyclic) bond motifs is 2. The molecule has 120 valence electrons. The number of hydrogen-bond acceptors (Lipinski definition) is 2. The van der Waals surface area contributed by atoms with E-state index in [2.05, 4.69) is 5.32 Å². The lowest BCUT2D eigenvalue weighted by Crippen LogP contribution is -2.39. The van der Waals surface area contributed by atoms with Crippen LogP contribution in [0.25, 0.3) is 10.9 Å². The molecule has 1 aromatic heterocycles. The number of nitrogens with zero attached hydrogens (tertiary/aromatic N) is 1. The molecule has 0 saturated carbocycles. The van der Waals surface area contributed by atoms with Gasteiger partial charge in [0.15, 0.2) is 5.60 Å². The molecule has 0 bridgehead atoms. The molecule has 3 nitrogen and oxygen atoms in total. The van der Waals surface area contributed by atoms with E-state index < -0.39 is 11.8 Å². The molecule has 0 saturated heterocycles. The summed E-state index contributed by atoms with van der Waals surface area (Å²) in [6.07, 6.45) is -4.72. The van der Waals surface area contributed by atoms with Crippen LogP contribution in [0.1, 0.15) is 36.2 Å². The number of hydrogen-bond donors (Lipinski definition) is 2. The van der Waals surface area contributed by atoms with E-state index in [-0.39, 0.29) is 5.56 Å². The molecule has 22 heavy (non-hydrogen) atoms. The van der Waals surface area contributed by atoms with Crippen molar-refractivity contribution in [3.63, 3.8) is 0 Å². The van der Waals surface area contributed by atoms with Crippen LogP contribution in [0.2, 0.25) is 0 Å². The summed E-state index contributed by atoms with van der Waals surface area (Å²) in [6, 6.07) is 3.73. The van der Waals surface area contributed by atoms with Crippen molar-refractivity contribution in [1.29, 1.82) is 0 Å². The number of nitrogens with one attached hydrogen (secondary N) is 1. The molecule has 1 aliphatic rings. The van der Waals surface area contributed by atoms with E-state index in [9.17, 15) is 18.3 Å². The van der Waals surface area contributed by atoms with Crippen LogP contribution < -0.4 is 5.32 Å². The van der Waals surface area contributed by atoms with Gasteiger partial charge in [0.25, 0.3) is 0 Å². The lowest BCUT2D eigenvalue weighted by atomic mass is 9.91. The monoisotopic (exact) mass is 312 g/mol. The summed E-state index contributed by atoms with van der Waals surface area (Å²) in [7, 11) is 0. The number of alkyl halides is 3. The quantitative estimate of drug-likeness (QED) is 0.892. The van der Waals surface area contributed by atoms with Gasteiger partial charge in [-0.15, -0.1) is 0 Å². The standard InChI is InChI=1S/C16H19F3N2O/c1-4-21-9(2)14(15(3,22)16(17,18)19)12-5-10-7-20-8-11(10)6-13(12)21/h5-6,20,22H,4,7-8H2,1-3H3. The predicted octanol–water partition coefficient (Wildman–Crippen LogP) is 3.34. The lowest BCUT2D eigenvalue weighted by Gasteiger charge is -2.27. The Balaban J connectivity index is 2.37. The van der Waals surface area contributed by atoms with Gasteiger partial charge in [-0.2, -0.15) is 13.2 Å². The Morgan fingerprint density at radius 2 is 1.82 bits per heavy atom. The average molecular weight is 312 g/mol. The lowest BCUT2D eigenvalue weighted by molar-refractivity contribution is -0.258. The van der Waals surface area contributed by atoms with Crippen molar-refractivity contribution in [3.8, 4) is 0 Å². The zero-order valence-corrected chi connectivity index (χ0v) is 12.8. The Labute approximate surface area is 126 Å². The third-order valence-electron chi connectivity index (χ3n) is 4.63. The molecule has 1 aliphatic heterocycles. The number of aliphatic hydroxyl groups is 1. The van der Waals surface area contributed by atoms with Crippen LogP contribution in [0.3, 0.4) is 0 Å². The fourth-order valence-electron chi connectivity index (χ4n) is 3.44. The highest BCUT2D eigenvalue weighted by molar-refractivity contribution is 5.88. The van der Waals surface area contributed by atoms with Gasteiger partial charge < -0.3 is 15.0 Å². The van der Waals surface area contributed by atoms with Crippen LogP contribution in [-0.4, -0.2) is 15.8 Å². The van der Waals surface area contributed by atoms with Gasteiger partial charge in [0.2, 0.25) is 0 Å². The van der Waals surface area contributed by atoms with Gasteiger partial charge in [0.05, 0.1) is 0 Å². The van der Waals surface area contributed by atoms with E-state index in [4.69, 9.17) is 0 Å². The highest BCUT2D eigenvalue weighted by atomic mass is 19.4. The van der Waals surface area contributed by atoms with Crippen molar-refractivity contribution in [3.05, 3.63) is 34.5 Å². The maximum Gasteiger partial charge on any atom is 0.421 e. The SMILES string of the molecule is CCn1c(C)c(C(C)(O)C(F)(F)F)c2cc3c(cc21)CNC3. The Kier molecular flexibility index (Phi) is 3.30. The summed E-state index contributed by atoms with van der Waals surface area (Å²) in [5, 5.41) is 13.9. The summed E-state index contributed by atoms with van der Waals surface area (Å²) in [5.41, 5.74) is 0.429. The van der Waals surface area contributed by atoms with Gasteiger partial charge in [-0.25, -0.2) is 0 Å². The van der Waals surface area contributed by atoms with Gasteiger partial charge in [0.1, 0.15) is 0 Å². The zero-order valence-electron chi connectivity index (χ0n) is 12.8. The minimum atomic E-state index is -4.72. The highest BCUT2D eigenvalue weighted by Gasteiger charge is 2.53. The first kappa shape index (κ1) is 15.4. The molecule has 2 aromatic rings. The molecule has 0 radical (unpaired) electrons. The Hall–Kier alpha value is -1.53. The molecular weight excluding hydrogens is 293 g/mol. The second kappa shape index (κ2) is 4.73. The van der Waals surface area contributed by atoms with Gasteiger partial charge >= 0.3 is 6.18 Å². The molecule has 0 fully saturated rings. The van der Waals surface area contributed by atoms with Crippen LogP contribution in [0, 0.1) is 6.92 Å². The molecule has 6 heteroatoms. The number of benzene rings is 1. The maximum absolute atomic E-state index is 13.3. The Bertz CT molecular complexity index is 744. The number of halogens is 3. The minimum Gasteiger partial charge on any atom is -0.376 e. The minimum absolute atomic E-state index is 0.0356. The topological polar surface area (TPSA) is 37.2 Å². The molecule has 2 heterocycles. The zero-order chi connectivity index (χ0) is 16.3. The summed E-state index contributed by atoms with van der Waals surface area (Å²) in [5.74, 6) is 0. The molecule has 1 aromatic carbocycles. The first-order valence-electron chi connectivity index (χ1n) is 7.33. The van der Waals surface area contributed by atoms with E-state index in [0.717, 1.165) is 30.1 Å². The normalized spacial score (nSPS) is 17.8. The maximum atomic E-state index is 13.3. The number of rotatable bonds is 2. The van der Waals surface area contributed by atoms with E-state index >= 15 is 0 Å². The fraction of sp³-hybridized carbons (Fsp3) is 0.500. The van der Waals surface area contributed by atoms with Crippen LogP contribution in [-0.2, 0) is 25.2 Å².